The lowest BCUT2D eigenvalue weighted by Crippen LogP contribution is -2.36. The highest BCUT2D eigenvalue weighted by molar-refractivity contribution is 6.33. The summed E-state index contributed by atoms with van der Waals surface area (Å²) in [5.74, 6) is -1.42. The molecule has 0 heterocycles. The minimum Gasteiger partial charge on any atom is -0.467 e. The zero-order valence-corrected chi connectivity index (χ0v) is 11.7. The normalized spacial score (nSPS) is 12.3. The van der Waals surface area contributed by atoms with E-state index in [1.807, 2.05) is 0 Å². The zero-order chi connectivity index (χ0) is 14.7. The van der Waals surface area contributed by atoms with Crippen molar-refractivity contribution in [1.29, 1.82) is 0 Å². The Morgan fingerprint density at radius 2 is 2.00 bits per heavy atom. The van der Waals surface area contributed by atoms with Crippen molar-refractivity contribution in [3.05, 3.63) is 16.9 Å². The first kappa shape index (κ1) is 15.4. The lowest BCUT2D eigenvalue weighted by molar-refractivity contribution is -0.142. The van der Waals surface area contributed by atoms with Gasteiger partial charge in [-0.25, -0.2) is 9.18 Å². The highest BCUT2D eigenvalue weighted by Crippen LogP contribution is 2.34. The summed E-state index contributed by atoms with van der Waals surface area (Å²) in [5, 5.41) is 2.49. The molecule has 0 fully saturated rings. The molecule has 1 aromatic rings. The van der Waals surface area contributed by atoms with Crippen LogP contribution in [0.2, 0.25) is 5.02 Å². The molecule has 5 nitrogen and oxygen atoms in total. The van der Waals surface area contributed by atoms with Crippen molar-refractivity contribution in [2.45, 2.75) is 19.9 Å². The van der Waals surface area contributed by atoms with Gasteiger partial charge in [0.1, 0.15) is 11.1 Å². The van der Waals surface area contributed by atoms with Crippen LogP contribution in [0.5, 0.6) is 0 Å². The summed E-state index contributed by atoms with van der Waals surface area (Å²) >= 11 is 5.72. The van der Waals surface area contributed by atoms with Crippen molar-refractivity contribution in [2.24, 2.45) is 5.92 Å². The third kappa shape index (κ3) is 3.20. The quantitative estimate of drug-likeness (QED) is 0.584. The largest absolute Gasteiger partial charge is 0.467 e. The highest BCUT2D eigenvalue weighted by Gasteiger charge is 2.26. The van der Waals surface area contributed by atoms with E-state index in [4.69, 9.17) is 23.1 Å². The molecule has 0 spiro atoms. The molecular weight excluding hydrogens is 273 g/mol. The fourth-order valence-electron chi connectivity index (χ4n) is 1.59. The second kappa shape index (κ2) is 5.97. The number of nitrogens with two attached hydrogens (primary N) is 2. The maximum absolute atomic E-state index is 14.0. The molecule has 5 N–H and O–H groups in total. The number of halogens is 2. The van der Waals surface area contributed by atoms with Gasteiger partial charge in [-0.05, 0) is 12.0 Å². The van der Waals surface area contributed by atoms with Crippen LogP contribution in [0.4, 0.5) is 21.5 Å². The molecule has 7 heteroatoms. The van der Waals surface area contributed by atoms with Crippen LogP contribution in [0.1, 0.15) is 13.8 Å². The number of esters is 1. The van der Waals surface area contributed by atoms with Gasteiger partial charge >= 0.3 is 5.97 Å². The second-order valence-corrected chi connectivity index (χ2v) is 4.83. The van der Waals surface area contributed by atoms with Crippen LogP contribution in [-0.2, 0) is 9.53 Å². The summed E-state index contributed by atoms with van der Waals surface area (Å²) in [5.41, 5.74) is 11.3. The molecule has 1 rings (SSSR count). The van der Waals surface area contributed by atoms with E-state index in [9.17, 15) is 9.18 Å². The number of nitrogens with one attached hydrogen (secondary N) is 1. The van der Waals surface area contributed by atoms with Crippen molar-refractivity contribution in [2.75, 3.05) is 23.9 Å². The van der Waals surface area contributed by atoms with Gasteiger partial charge in [0.05, 0.1) is 24.2 Å². The number of benzene rings is 1. The Morgan fingerprint density at radius 3 is 2.47 bits per heavy atom. The van der Waals surface area contributed by atoms with Crippen LogP contribution in [0, 0.1) is 11.7 Å². The standard InChI is InChI=1S/C12H17ClFN3O2/c1-5(2)10(12(18)19-3)17-11-7(16)4-6(15)8(13)9(11)14/h4-5,10,17H,15-16H2,1-3H3. The van der Waals surface area contributed by atoms with Gasteiger partial charge in [0.15, 0.2) is 5.82 Å². The number of nitrogen functional groups attached to an aromatic ring is 2. The van der Waals surface area contributed by atoms with Gasteiger partial charge in [0, 0.05) is 0 Å². The fourth-order valence-corrected chi connectivity index (χ4v) is 1.74. The van der Waals surface area contributed by atoms with E-state index >= 15 is 0 Å². The van der Waals surface area contributed by atoms with Gasteiger partial charge in [0.25, 0.3) is 0 Å². The second-order valence-electron chi connectivity index (χ2n) is 4.45. The molecule has 0 aromatic heterocycles. The summed E-state index contributed by atoms with van der Waals surface area (Å²) in [6.45, 7) is 3.59. The van der Waals surface area contributed by atoms with Crippen molar-refractivity contribution in [3.8, 4) is 0 Å². The summed E-state index contributed by atoms with van der Waals surface area (Å²) in [4.78, 5) is 11.6. The number of hydrogen-bond donors (Lipinski definition) is 3. The minimum absolute atomic E-state index is 0.0429. The van der Waals surface area contributed by atoms with E-state index in [0.717, 1.165) is 0 Å². The Bertz CT molecular complexity index is 494. The molecule has 0 aliphatic carbocycles. The van der Waals surface area contributed by atoms with Crippen LogP contribution in [0.3, 0.4) is 0 Å². The molecule has 1 aromatic carbocycles. The smallest absolute Gasteiger partial charge is 0.328 e. The summed E-state index contributed by atoms with van der Waals surface area (Å²) in [7, 11) is 1.26. The van der Waals surface area contributed by atoms with Crippen molar-refractivity contribution >= 4 is 34.6 Å². The fraction of sp³-hybridized carbons (Fsp3) is 0.417. The molecule has 106 valence electrons. The first-order valence-corrected chi connectivity index (χ1v) is 6.04. The Hall–Kier alpha value is -1.69. The molecule has 0 radical (unpaired) electrons. The minimum atomic E-state index is -0.784. The zero-order valence-electron chi connectivity index (χ0n) is 11.0. The van der Waals surface area contributed by atoms with E-state index in [1.54, 1.807) is 13.8 Å². The molecule has 0 saturated heterocycles. The summed E-state index contributed by atoms with van der Waals surface area (Å²) in [6.07, 6.45) is 0. The average Bonchev–Trinajstić information content (AvgIpc) is 2.35. The first-order valence-electron chi connectivity index (χ1n) is 5.66. The van der Waals surface area contributed by atoms with Crippen molar-refractivity contribution in [1.82, 2.24) is 0 Å². The van der Waals surface area contributed by atoms with E-state index in [-0.39, 0.29) is 28.0 Å². The van der Waals surface area contributed by atoms with Crippen LogP contribution >= 0.6 is 11.6 Å². The Labute approximate surface area is 116 Å². The molecule has 1 unspecified atom stereocenters. The van der Waals surface area contributed by atoms with E-state index in [2.05, 4.69) is 10.1 Å². The molecule has 0 aliphatic rings. The van der Waals surface area contributed by atoms with Crippen LogP contribution in [-0.4, -0.2) is 19.1 Å². The molecule has 1 atom stereocenters. The van der Waals surface area contributed by atoms with Crippen LogP contribution in [0.25, 0.3) is 0 Å². The SMILES string of the molecule is COC(=O)C(Nc1c(N)cc(N)c(Cl)c1F)C(C)C. The highest BCUT2D eigenvalue weighted by atomic mass is 35.5. The number of ether oxygens (including phenoxy) is 1. The monoisotopic (exact) mass is 289 g/mol. The summed E-state index contributed by atoms with van der Waals surface area (Å²) < 4.78 is 18.7. The van der Waals surface area contributed by atoms with Gasteiger partial charge in [-0.2, -0.15) is 0 Å². The van der Waals surface area contributed by atoms with Gasteiger partial charge < -0.3 is 21.5 Å². The van der Waals surface area contributed by atoms with Crippen molar-refractivity contribution < 1.29 is 13.9 Å². The number of rotatable bonds is 4. The molecule has 0 bridgehead atoms. The summed E-state index contributed by atoms with van der Waals surface area (Å²) in [6, 6.07) is 0.601. The van der Waals surface area contributed by atoms with E-state index in [1.165, 1.54) is 13.2 Å². The number of carbonyl (C=O) groups excluding carboxylic acids is 1. The Morgan fingerprint density at radius 1 is 1.42 bits per heavy atom. The topological polar surface area (TPSA) is 90.4 Å². The van der Waals surface area contributed by atoms with Crippen LogP contribution < -0.4 is 16.8 Å². The molecule has 0 saturated carbocycles. The number of anilines is 3. The average molecular weight is 290 g/mol. The van der Waals surface area contributed by atoms with E-state index in [0.29, 0.717) is 0 Å². The maximum atomic E-state index is 14.0. The first-order chi connectivity index (χ1) is 8.79. The molecule has 0 amide bonds. The number of hydrogen-bond acceptors (Lipinski definition) is 5. The molecule has 0 aliphatic heterocycles. The third-order valence-corrected chi connectivity index (χ3v) is 3.07. The molecule has 19 heavy (non-hydrogen) atoms. The van der Waals surface area contributed by atoms with Gasteiger partial charge in [0.2, 0.25) is 0 Å². The predicted octanol–water partition coefficient (Wildman–Crippen LogP) is 2.25. The number of methoxy groups -OCH3 is 1. The van der Waals surface area contributed by atoms with Crippen molar-refractivity contribution in [3.63, 3.8) is 0 Å². The van der Waals surface area contributed by atoms with Crippen LogP contribution in [0.15, 0.2) is 6.07 Å². The number of carbonyl (C=O) groups is 1. The predicted molar refractivity (Wildman–Crippen MR) is 74.5 cm³/mol. The van der Waals surface area contributed by atoms with Gasteiger partial charge in [-0.1, -0.05) is 25.4 Å². The Balaban J connectivity index is 3.17. The third-order valence-electron chi connectivity index (χ3n) is 2.69. The lowest BCUT2D eigenvalue weighted by Gasteiger charge is -2.22. The lowest BCUT2D eigenvalue weighted by atomic mass is 10.0. The van der Waals surface area contributed by atoms with E-state index < -0.39 is 17.8 Å². The van der Waals surface area contributed by atoms with Gasteiger partial charge in [-0.15, -0.1) is 0 Å². The van der Waals surface area contributed by atoms with Gasteiger partial charge in [-0.3, -0.25) is 0 Å². The maximum Gasteiger partial charge on any atom is 0.328 e. The Kier molecular flexibility index (Phi) is 4.83. The molecular formula is C12H17ClFN3O2.